The van der Waals surface area contributed by atoms with Crippen molar-refractivity contribution in [2.75, 3.05) is 0 Å². The molecule has 0 fully saturated rings. The molecule has 0 radical (unpaired) electrons. The Bertz CT molecular complexity index is 598. The topological polar surface area (TPSA) is 9.23 Å². The van der Waals surface area contributed by atoms with E-state index in [0.29, 0.717) is 25.8 Å². The van der Waals surface area contributed by atoms with Crippen LogP contribution in [0.3, 0.4) is 0 Å². The molecule has 0 amide bonds. The fraction of sp³-hybridized carbons (Fsp3) is 0.143. The molecule has 0 N–H and O–H groups in total. The van der Waals surface area contributed by atoms with Crippen LogP contribution >= 0.6 is 46.4 Å². The maximum absolute atomic E-state index is 6.15. The largest absolute Gasteiger partial charge is 0.484 e. The van der Waals surface area contributed by atoms with Crippen molar-refractivity contribution < 1.29 is 4.74 Å². The Kier molecular flexibility index (Phi) is 4.86. The third kappa shape index (κ3) is 3.29. The van der Waals surface area contributed by atoms with E-state index in [1.165, 1.54) is 0 Å². The Balaban J connectivity index is 2.28. The molecule has 1 atom stereocenters. The molecule has 0 aliphatic heterocycles. The lowest BCUT2D eigenvalue weighted by molar-refractivity contribution is 0.227. The molecule has 0 spiro atoms. The molecular formula is C14H10Cl4O. The first kappa shape index (κ1) is 14.8. The zero-order valence-electron chi connectivity index (χ0n) is 9.96. The first-order valence-electron chi connectivity index (χ1n) is 5.55. The maximum Gasteiger partial charge on any atom is 0.140 e. The van der Waals surface area contributed by atoms with Gasteiger partial charge in [-0.05, 0) is 25.1 Å². The van der Waals surface area contributed by atoms with E-state index >= 15 is 0 Å². The number of halogens is 4. The van der Waals surface area contributed by atoms with Crippen molar-refractivity contribution in [1.29, 1.82) is 0 Å². The number of hydrogen-bond donors (Lipinski definition) is 0. The van der Waals surface area contributed by atoms with Gasteiger partial charge in [0, 0.05) is 5.56 Å². The predicted octanol–water partition coefficient (Wildman–Crippen LogP) is 6.44. The van der Waals surface area contributed by atoms with Gasteiger partial charge in [0.25, 0.3) is 0 Å². The molecule has 2 aromatic rings. The first-order valence-corrected chi connectivity index (χ1v) is 7.06. The second-order valence-electron chi connectivity index (χ2n) is 3.96. The van der Waals surface area contributed by atoms with E-state index in [1.54, 1.807) is 24.3 Å². The molecule has 2 aromatic carbocycles. The standard InChI is InChI=1S/C14H10Cl4O/c1-8(9-4-2-5-10(15)13(9)17)19-12-7-3-6-11(16)14(12)18/h2-8H,1H3. The molecule has 1 nitrogen and oxygen atoms in total. The summed E-state index contributed by atoms with van der Waals surface area (Å²) in [6, 6.07) is 10.6. The molecule has 0 aliphatic rings. The summed E-state index contributed by atoms with van der Waals surface area (Å²) in [6.45, 7) is 1.87. The summed E-state index contributed by atoms with van der Waals surface area (Å²) in [5, 5.41) is 1.80. The monoisotopic (exact) mass is 334 g/mol. The van der Waals surface area contributed by atoms with Crippen molar-refractivity contribution >= 4 is 46.4 Å². The third-order valence-electron chi connectivity index (χ3n) is 2.64. The number of benzene rings is 2. The summed E-state index contributed by atoms with van der Waals surface area (Å²) in [7, 11) is 0. The van der Waals surface area contributed by atoms with Crippen molar-refractivity contribution in [3.63, 3.8) is 0 Å². The van der Waals surface area contributed by atoms with E-state index in [0.717, 1.165) is 5.56 Å². The molecular weight excluding hydrogens is 326 g/mol. The third-order valence-corrected chi connectivity index (χ3v) is 4.27. The summed E-state index contributed by atoms with van der Waals surface area (Å²) in [6.07, 6.45) is -0.290. The van der Waals surface area contributed by atoms with Crippen LogP contribution in [0.2, 0.25) is 20.1 Å². The quantitative estimate of drug-likeness (QED) is 0.627. The molecule has 2 rings (SSSR count). The summed E-state index contributed by atoms with van der Waals surface area (Å²) in [4.78, 5) is 0. The van der Waals surface area contributed by atoms with E-state index < -0.39 is 0 Å². The summed E-state index contributed by atoms with van der Waals surface area (Å²) < 4.78 is 5.79. The van der Waals surface area contributed by atoms with Gasteiger partial charge >= 0.3 is 0 Å². The highest BCUT2D eigenvalue weighted by atomic mass is 35.5. The van der Waals surface area contributed by atoms with Gasteiger partial charge in [0.2, 0.25) is 0 Å². The number of ether oxygens (including phenoxy) is 1. The molecule has 0 aliphatic carbocycles. The average Bonchev–Trinajstić information content (AvgIpc) is 2.38. The minimum Gasteiger partial charge on any atom is -0.484 e. The van der Waals surface area contributed by atoms with Gasteiger partial charge in [-0.2, -0.15) is 0 Å². The molecule has 0 saturated heterocycles. The zero-order chi connectivity index (χ0) is 14.0. The van der Waals surface area contributed by atoms with Crippen molar-refractivity contribution in [3.8, 4) is 5.75 Å². The number of hydrogen-bond acceptors (Lipinski definition) is 1. The smallest absolute Gasteiger partial charge is 0.140 e. The van der Waals surface area contributed by atoms with Crippen molar-refractivity contribution in [3.05, 3.63) is 62.1 Å². The van der Waals surface area contributed by atoms with E-state index in [4.69, 9.17) is 51.1 Å². The molecule has 19 heavy (non-hydrogen) atoms. The highest BCUT2D eigenvalue weighted by Gasteiger charge is 2.15. The van der Waals surface area contributed by atoms with Gasteiger partial charge in [-0.25, -0.2) is 0 Å². The molecule has 0 saturated carbocycles. The first-order chi connectivity index (χ1) is 9.00. The van der Waals surface area contributed by atoms with Gasteiger partial charge in [-0.15, -0.1) is 0 Å². The van der Waals surface area contributed by atoms with E-state index in [1.807, 2.05) is 19.1 Å². The SMILES string of the molecule is CC(Oc1cccc(Cl)c1Cl)c1cccc(Cl)c1Cl. The van der Waals surface area contributed by atoms with Crippen LogP contribution in [-0.4, -0.2) is 0 Å². The van der Waals surface area contributed by atoms with Crippen LogP contribution in [-0.2, 0) is 0 Å². The van der Waals surface area contributed by atoms with Crippen LogP contribution in [0.1, 0.15) is 18.6 Å². The van der Waals surface area contributed by atoms with Crippen LogP contribution in [0, 0.1) is 0 Å². The van der Waals surface area contributed by atoms with Crippen LogP contribution in [0.25, 0.3) is 0 Å². The highest BCUT2D eigenvalue weighted by Crippen LogP contribution is 2.36. The van der Waals surface area contributed by atoms with Gasteiger partial charge in [-0.3, -0.25) is 0 Å². The minimum atomic E-state index is -0.290. The van der Waals surface area contributed by atoms with E-state index in [-0.39, 0.29) is 6.10 Å². The molecule has 1 unspecified atom stereocenters. The summed E-state index contributed by atoms with van der Waals surface area (Å²) in [5.74, 6) is 0.512. The highest BCUT2D eigenvalue weighted by molar-refractivity contribution is 6.43. The lowest BCUT2D eigenvalue weighted by Gasteiger charge is -2.18. The van der Waals surface area contributed by atoms with Crippen molar-refractivity contribution in [1.82, 2.24) is 0 Å². The van der Waals surface area contributed by atoms with Crippen molar-refractivity contribution in [2.24, 2.45) is 0 Å². The van der Waals surface area contributed by atoms with E-state index in [9.17, 15) is 0 Å². The van der Waals surface area contributed by atoms with Gasteiger partial charge in [0.05, 0.1) is 15.1 Å². The fourth-order valence-corrected chi connectivity index (χ4v) is 2.46. The van der Waals surface area contributed by atoms with E-state index in [2.05, 4.69) is 0 Å². The molecule has 5 heteroatoms. The second-order valence-corrected chi connectivity index (χ2v) is 5.53. The fourth-order valence-electron chi connectivity index (χ4n) is 1.66. The Morgan fingerprint density at radius 2 is 1.42 bits per heavy atom. The zero-order valence-corrected chi connectivity index (χ0v) is 13.0. The molecule has 100 valence electrons. The van der Waals surface area contributed by atoms with Gasteiger partial charge in [0.1, 0.15) is 16.9 Å². The predicted molar refractivity (Wildman–Crippen MR) is 82.0 cm³/mol. The Labute approximate surface area is 132 Å². The van der Waals surface area contributed by atoms with Crippen LogP contribution in [0.15, 0.2) is 36.4 Å². The Morgan fingerprint density at radius 1 is 0.842 bits per heavy atom. The lowest BCUT2D eigenvalue weighted by atomic mass is 10.1. The number of rotatable bonds is 3. The molecule has 0 aromatic heterocycles. The molecule has 0 heterocycles. The minimum absolute atomic E-state index is 0.290. The van der Waals surface area contributed by atoms with Gasteiger partial charge in [0.15, 0.2) is 0 Å². The van der Waals surface area contributed by atoms with Crippen LogP contribution in [0.4, 0.5) is 0 Å². The average molecular weight is 336 g/mol. The summed E-state index contributed by atoms with van der Waals surface area (Å²) >= 11 is 24.2. The lowest BCUT2D eigenvalue weighted by Crippen LogP contribution is -2.04. The van der Waals surface area contributed by atoms with Crippen molar-refractivity contribution in [2.45, 2.75) is 13.0 Å². The second kappa shape index (κ2) is 6.23. The Morgan fingerprint density at radius 3 is 2.11 bits per heavy atom. The summed E-state index contributed by atoms with van der Waals surface area (Å²) in [5.41, 5.74) is 0.796. The maximum atomic E-state index is 6.15. The normalized spacial score (nSPS) is 12.3. The van der Waals surface area contributed by atoms with Gasteiger partial charge in [-0.1, -0.05) is 64.6 Å². The molecule has 0 bridgehead atoms. The van der Waals surface area contributed by atoms with Crippen LogP contribution in [0.5, 0.6) is 5.75 Å². The van der Waals surface area contributed by atoms with Crippen LogP contribution < -0.4 is 4.74 Å². The van der Waals surface area contributed by atoms with Gasteiger partial charge < -0.3 is 4.74 Å². The Hall–Kier alpha value is -0.600.